The van der Waals surface area contributed by atoms with Crippen LogP contribution >= 0.6 is 0 Å². The summed E-state index contributed by atoms with van der Waals surface area (Å²) in [6, 6.07) is 0. The van der Waals surface area contributed by atoms with Crippen molar-refractivity contribution in [3.05, 3.63) is 0 Å². The summed E-state index contributed by atoms with van der Waals surface area (Å²) >= 11 is 0. The van der Waals surface area contributed by atoms with Gasteiger partial charge in [0.25, 0.3) is 0 Å². The molecule has 0 spiro atoms. The van der Waals surface area contributed by atoms with Crippen LogP contribution in [0.1, 0.15) is 19.8 Å². The third-order valence-corrected chi connectivity index (χ3v) is 3.15. The van der Waals surface area contributed by atoms with Crippen molar-refractivity contribution in [3.63, 3.8) is 0 Å². The number of rotatable bonds is 5. The van der Waals surface area contributed by atoms with E-state index in [1.165, 1.54) is 0 Å². The molecule has 106 valence electrons. The summed E-state index contributed by atoms with van der Waals surface area (Å²) in [7, 11) is 0. The van der Waals surface area contributed by atoms with Gasteiger partial charge in [-0.25, -0.2) is 0 Å². The Morgan fingerprint density at radius 2 is 1.72 bits per heavy atom. The summed E-state index contributed by atoms with van der Waals surface area (Å²) in [5, 5.41) is 46.5. The average Bonchev–Trinajstić information content (AvgIpc) is 2.29. The van der Waals surface area contributed by atoms with Gasteiger partial charge >= 0.3 is 5.97 Å². The summed E-state index contributed by atoms with van der Waals surface area (Å²) in [5.74, 6) is -1.20. The highest BCUT2D eigenvalue weighted by Gasteiger charge is 2.43. The van der Waals surface area contributed by atoms with Gasteiger partial charge in [-0.05, 0) is 12.3 Å². The Hall–Kier alpha value is -0.730. The van der Waals surface area contributed by atoms with Gasteiger partial charge in [-0.3, -0.25) is 4.79 Å². The lowest BCUT2D eigenvalue weighted by Crippen LogP contribution is -2.58. The van der Waals surface area contributed by atoms with Crippen LogP contribution in [0.5, 0.6) is 0 Å². The van der Waals surface area contributed by atoms with Crippen LogP contribution in [0, 0.1) is 5.92 Å². The van der Waals surface area contributed by atoms with Crippen molar-refractivity contribution < 1.29 is 35.1 Å². The molecule has 1 saturated heterocycles. The fourth-order valence-electron chi connectivity index (χ4n) is 2.15. The lowest BCUT2D eigenvalue weighted by Gasteiger charge is -2.40. The standard InChI is InChI=1S/C11H20O7/c1-5(3-8(13)14)2-6-9(15)11(17)10(16)7(4-12)18-6/h5-7,9-12,15-17H,2-4H2,1H3,(H,13,14)/t5?,6-,7-,9+,10+,11-/m1/s1. The molecule has 7 nitrogen and oxygen atoms in total. The number of carbonyl (C=O) groups is 1. The molecule has 0 saturated carbocycles. The van der Waals surface area contributed by atoms with Crippen LogP contribution in [0.4, 0.5) is 0 Å². The number of aliphatic hydroxyl groups excluding tert-OH is 4. The molecule has 0 aromatic heterocycles. The van der Waals surface area contributed by atoms with Gasteiger partial charge in [-0.2, -0.15) is 0 Å². The van der Waals surface area contributed by atoms with E-state index < -0.39 is 43.1 Å². The molecule has 1 aliphatic rings. The van der Waals surface area contributed by atoms with Gasteiger partial charge in [0.15, 0.2) is 0 Å². The predicted molar refractivity (Wildman–Crippen MR) is 59.8 cm³/mol. The van der Waals surface area contributed by atoms with E-state index in [-0.39, 0.29) is 18.8 Å². The second-order valence-corrected chi connectivity index (χ2v) is 4.81. The summed E-state index contributed by atoms with van der Waals surface area (Å²) in [6.07, 6.45) is -5.66. The SMILES string of the molecule is CC(CC(=O)O)C[C@H]1O[C@H](CO)[C@H](O)[C@H](O)[C@H]1O. The number of hydrogen-bond donors (Lipinski definition) is 5. The molecule has 0 aromatic carbocycles. The first-order valence-electron chi connectivity index (χ1n) is 5.89. The summed E-state index contributed by atoms with van der Waals surface area (Å²) < 4.78 is 5.28. The van der Waals surface area contributed by atoms with Crippen LogP contribution in [0.25, 0.3) is 0 Å². The van der Waals surface area contributed by atoms with Crippen molar-refractivity contribution in [3.8, 4) is 0 Å². The number of aliphatic carboxylic acids is 1. The zero-order valence-corrected chi connectivity index (χ0v) is 10.1. The van der Waals surface area contributed by atoms with E-state index in [4.69, 9.17) is 14.9 Å². The molecule has 0 radical (unpaired) electrons. The predicted octanol–water partition coefficient (Wildman–Crippen LogP) is -1.67. The Morgan fingerprint density at radius 1 is 1.17 bits per heavy atom. The molecule has 1 fully saturated rings. The quantitative estimate of drug-likeness (QED) is 0.401. The molecule has 7 heteroatoms. The van der Waals surface area contributed by atoms with Crippen molar-refractivity contribution in [2.45, 2.75) is 50.3 Å². The van der Waals surface area contributed by atoms with Crippen LogP contribution < -0.4 is 0 Å². The van der Waals surface area contributed by atoms with E-state index in [0.717, 1.165) is 0 Å². The van der Waals surface area contributed by atoms with Gasteiger partial charge in [0.2, 0.25) is 0 Å². The third-order valence-electron chi connectivity index (χ3n) is 3.15. The normalized spacial score (nSPS) is 38.4. The van der Waals surface area contributed by atoms with Gasteiger partial charge in [-0.1, -0.05) is 6.92 Å². The molecule has 1 rings (SSSR count). The zero-order valence-electron chi connectivity index (χ0n) is 10.1. The maximum Gasteiger partial charge on any atom is 0.303 e. The maximum atomic E-state index is 10.5. The fraction of sp³-hybridized carbons (Fsp3) is 0.909. The zero-order chi connectivity index (χ0) is 13.9. The lowest BCUT2D eigenvalue weighted by atomic mass is 9.89. The Balaban J connectivity index is 2.61. The number of carboxylic acid groups (broad SMARTS) is 1. The summed E-state index contributed by atoms with van der Waals surface area (Å²) in [6.45, 7) is 1.21. The molecule has 5 N–H and O–H groups in total. The minimum atomic E-state index is -1.40. The number of aliphatic hydroxyl groups is 4. The first-order valence-corrected chi connectivity index (χ1v) is 5.89. The summed E-state index contributed by atoms with van der Waals surface area (Å²) in [4.78, 5) is 10.5. The van der Waals surface area contributed by atoms with Crippen LogP contribution in [-0.2, 0) is 9.53 Å². The topological polar surface area (TPSA) is 127 Å². The van der Waals surface area contributed by atoms with Gasteiger partial charge in [0.05, 0.1) is 12.7 Å². The second kappa shape index (κ2) is 6.44. The molecule has 0 aliphatic carbocycles. The molecular weight excluding hydrogens is 244 g/mol. The Morgan fingerprint density at radius 3 is 2.22 bits per heavy atom. The minimum Gasteiger partial charge on any atom is -0.481 e. The van der Waals surface area contributed by atoms with Crippen LogP contribution in [0.15, 0.2) is 0 Å². The maximum absolute atomic E-state index is 10.5. The Kier molecular flexibility index (Phi) is 5.48. The van der Waals surface area contributed by atoms with Crippen molar-refractivity contribution in [1.82, 2.24) is 0 Å². The summed E-state index contributed by atoms with van der Waals surface area (Å²) in [5.41, 5.74) is 0. The highest BCUT2D eigenvalue weighted by Crippen LogP contribution is 2.26. The number of ether oxygens (including phenoxy) is 1. The van der Waals surface area contributed by atoms with Crippen LogP contribution in [0.3, 0.4) is 0 Å². The molecule has 6 atom stereocenters. The first kappa shape index (κ1) is 15.3. The highest BCUT2D eigenvalue weighted by molar-refractivity contribution is 5.66. The van der Waals surface area contributed by atoms with Crippen molar-refractivity contribution in [2.75, 3.05) is 6.61 Å². The number of carboxylic acids is 1. The molecular formula is C11H20O7. The highest BCUT2D eigenvalue weighted by atomic mass is 16.5. The van der Waals surface area contributed by atoms with E-state index in [0.29, 0.717) is 0 Å². The minimum absolute atomic E-state index is 0.0744. The van der Waals surface area contributed by atoms with Crippen LogP contribution in [0.2, 0.25) is 0 Å². The molecule has 1 unspecified atom stereocenters. The van der Waals surface area contributed by atoms with Crippen LogP contribution in [-0.4, -0.2) is 68.6 Å². The monoisotopic (exact) mass is 264 g/mol. The van der Waals surface area contributed by atoms with Gasteiger partial charge in [0, 0.05) is 6.42 Å². The Bertz CT molecular complexity index is 281. The smallest absolute Gasteiger partial charge is 0.303 e. The first-order chi connectivity index (χ1) is 8.36. The van der Waals surface area contributed by atoms with E-state index in [1.807, 2.05) is 0 Å². The van der Waals surface area contributed by atoms with Crippen molar-refractivity contribution in [2.24, 2.45) is 5.92 Å². The lowest BCUT2D eigenvalue weighted by molar-refractivity contribution is -0.232. The molecule has 18 heavy (non-hydrogen) atoms. The number of hydrogen-bond acceptors (Lipinski definition) is 6. The molecule has 0 bridgehead atoms. The van der Waals surface area contributed by atoms with E-state index in [9.17, 15) is 20.1 Å². The molecule has 1 aliphatic heterocycles. The Labute approximate surface area is 105 Å². The molecule has 0 aromatic rings. The molecule has 1 heterocycles. The second-order valence-electron chi connectivity index (χ2n) is 4.81. The van der Waals surface area contributed by atoms with E-state index in [2.05, 4.69) is 0 Å². The third kappa shape index (κ3) is 3.63. The average molecular weight is 264 g/mol. The van der Waals surface area contributed by atoms with Crippen molar-refractivity contribution in [1.29, 1.82) is 0 Å². The largest absolute Gasteiger partial charge is 0.481 e. The van der Waals surface area contributed by atoms with Gasteiger partial charge in [0.1, 0.15) is 24.4 Å². The van der Waals surface area contributed by atoms with E-state index in [1.54, 1.807) is 6.92 Å². The van der Waals surface area contributed by atoms with Crippen molar-refractivity contribution >= 4 is 5.97 Å². The van der Waals surface area contributed by atoms with Gasteiger partial charge in [-0.15, -0.1) is 0 Å². The van der Waals surface area contributed by atoms with E-state index >= 15 is 0 Å². The van der Waals surface area contributed by atoms with Gasteiger partial charge < -0.3 is 30.3 Å². The fourth-order valence-corrected chi connectivity index (χ4v) is 2.15. The molecule has 0 amide bonds.